The van der Waals surface area contributed by atoms with Crippen LogP contribution in [0.25, 0.3) is 0 Å². The topological polar surface area (TPSA) is 49.3 Å². The second kappa shape index (κ2) is 8.18. The molecule has 0 aliphatic heterocycles. The number of aliphatic hydroxyl groups excluding tert-OH is 1. The van der Waals surface area contributed by atoms with E-state index in [0.29, 0.717) is 19.3 Å². The van der Waals surface area contributed by atoms with Gasteiger partial charge in [0.2, 0.25) is 5.91 Å². The molecule has 0 bridgehead atoms. The molecule has 0 aliphatic rings. The molecule has 1 aromatic carbocycles. The van der Waals surface area contributed by atoms with Crippen LogP contribution in [0.2, 0.25) is 5.02 Å². The van der Waals surface area contributed by atoms with Gasteiger partial charge in [-0.15, -0.1) is 0 Å². The van der Waals surface area contributed by atoms with Crippen LogP contribution in [0.5, 0.6) is 0 Å². The van der Waals surface area contributed by atoms with Crippen molar-refractivity contribution in [2.75, 3.05) is 6.61 Å². The highest BCUT2D eigenvalue weighted by molar-refractivity contribution is 6.31. The normalized spacial score (nSPS) is 12.2. The highest BCUT2D eigenvalue weighted by Crippen LogP contribution is 2.17. The van der Waals surface area contributed by atoms with Crippen LogP contribution in [-0.2, 0) is 11.2 Å². The van der Waals surface area contributed by atoms with Crippen LogP contribution in [0.15, 0.2) is 18.2 Å². The first kappa shape index (κ1) is 16.0. The lowest BCUT2D eigenvalue weighted by Crippen LogP contribution is -2.35. The maximum Gasteiger partial charge on any atom is 0.220 e. The Morgan fingerprint density at radius 1 is 1.47 bits per heavy atom. The third-order valence-electron chi connectivity index (χ3n) is 3.21. The number of benzene rings is 1. The molecule has 4 heteroatoms. The number of nitrogens with one attached hydrogen (secondary N) is 1. The summed E-state index contributed by atoms with van der Waals surface area (Å²) in [7, 11) is 0. The Labute approximate surface area is 120 Å². The van der Waals surface area contributed by atoms with Crippen molar-refractivity contribution in [1.82, 2.24) is 5.32 Å². The number of carbonyl (C=O) groups is 1. The van der Waals surface area contributed by atoms with Crippen LogP contribution in [0, 0.1) is 6.92 Å². The van der Waals surface area contributed by atoms with Gasteiger partial charge in [0, 0.05) is 24.1 Å². The number of hydrogen-bond acceptors (Lipinski definition) is 2. The van der Waals surface area contributed by atoms with Crippen molar-refractivity contribution in [3.8, 4) is 0 Å². The van der Waals surface area contributed by atoms with Crippen LogP contribution in [0.4, 0.5) is 0 Å². The second-order valence-electron chi connectivity index (χ2n) is 4.77. The monoisotopic (exact) mass is 283 g/mol. The summed E-state index contributed by atoms with van der Waals surface area (Å²) < 4.78 is 0. The fourth-order valence-corrected chi connectivity index (χ4v) is 2.09. The van der Waals surface area contributed by atoms with Gasteiger partial charge in [-0.05, 0) is 43.4 Å². The summed E-state index contributed by atoms with van der Waals surface area (Å²) in [6, 6.07) is 5.95. The minimum absolute atomic E-state index is 0.0250. The van der Waals surface area contributed by atoms with E-state index in [1.54, 1.807) is 0 Å². The lowest BCUT2D eigenvalue weighted by atomic mass is 10.1. The van der Waals surface area contributed by atoms with E-state index < -0.39 is 0 Å². The Morgan fingerprint density at radius 2 is 2.21 bits per heavy atom. The average molecular weight is 284 g/mol. The molecule has 1 unspecified atom stereocenters. The van der Waals surface area contributed by atoms with E-state index in [0.717, 1.165) is 22.6 Å². The Balaban J connectivity index is 2.43. The number of aryl methyl sites for hydroxylation is 2. The molecule has 0 radical (unpaired) electrons. The molecule has 0 fully saturated rings. The van der Waals surface area contributed by atoms with E-state index in [2.05, 4.69) is 5.32 Å². The Kier molecular flexibility index (Phi) is 6.89. The molecule has 19 heavy (non-hydrogen) atoms. The van der Waals surface area contributed by atoms with E-state index in [1.165, 1.54) is 0 Å². The Morgan fingerprint density at radius 3 is 2.79 bits per heavy atom. The molecule has 0 aliphatic carbocycles. The van der Waals surface area contributed by atoms with E-state index in [9.17, 15) is 4.79 Å². The predicted molar refractivity (Wildman–Crippen MR) is 78.4 cm³/mol. The van der Waals surface area contributed by atoms with Crippen molar-refractivity contribution < 1.29 is 9.90 Å². The van der Waals surface area contributed by atoms with Gasteiger partial charge in [0.1, 0.15) is 0 Å². The van der Waals surface area contributed by atoms with Crippen molar-refractivity contribution in [3.63, 3.8) is 0 Å². The first-order valence-corrected chi connectivity index (χ1v) is 7.09. The number of amides is 1. The predicted octanol–water partition coefficient (Wildman–Crippen LogP) is 2.86. The van der Waals surface area contributed by atoms with E-state index in [4.69, 9.17) is 16.7 Å². The molecule has 2 N–H and O–H groups in total. The molecular formula is C15H22ClNO2. The minimum atomic E-state index is 0.0250. The van der Waals surface area contributed by atoms with Gasteiger partial charge in [-0.3, -0.25) is 4.79 Å². The van der Waals surface area contributed by atoms with Crippen molar-refractivity contribution in [3.05, 3.63) is 34.3 Å². The fraction of sp³-hybridized carbons (Fsp3) is 0.533. The summed E-state index contributed by atoms with van der Waals surface area (Å²) in [5, 5.41) is 12.6. The maximum atomic E-state index is 11.8. The molecule has 0 spiro atoms. The second-order valence-corrected chi connectivity index (χ2v) is 5.18. The summed E-state index contributed by atoms with van der Waals surface area (Å²) in [4.78, 5) is 11.8. The number of aliphatic hydroxyl groups is 1. The summed E-state index contributed by atoms with van der Waals surface area (Å²) in [5.41, 5.74) is 2.12. The van der Waals surface area contributed by atoms with Crippen LogP contribution in [0.3, 0.4) is 0 Å². The van der Waals surface area contributed by atoms with Crippen molar-refractivity contribution in [1.29, 1.82) is 0 Å². The number of carbonyl (C=O) groups excluding carboxylic acids is 1. The number of rotatable bonds is 7. The SMILES string of the molecule is CCC(CCO)NC(=O)CCc1ccc(C)c(Cl)c1. The zero-order chi connectivity index (χ0) is 14.3. The molecule has 3 nitrogen and oxygen atoms in total. The maximum absolute atomic E-state index is 11.8. The first-order chi connectivity index (χ1) is 9.06. The third kappa shape index (κ3) is 5.62. The van der Waals surface area contributed by atoms with Crippen LogP contribution in [0.1, 0.15) is 37.3 Å². The van der Waals surface area contributed by atoms with Gasteiger partial charge in [-0.25, -0.2) is 0 Å². The highest BCUT2D eigenvalue weighted by Gasteiger charge is 2.10. The molecule has 106 valence electrons. The zero-order valence-corrected chi connectivity index (χ0v) is 12.3. The standard InChI is InChI=1S/C15H22ClNO2/c1-3-13(8-9-18)17-15(19)7-6-12-5-4-11(2)14(16)10-12/h4-5,10,13,18H,3,6-9H2,1-2H3,(H,17,19). The van der Waals surface area contributed by atoms with Gasteiger partial charge < -0.3 is 10.4 Å². The number of hydrogen-bond donors (Lipinski definition) is 2. The Bertz CT molecular complexity index is 421. The highest BCUT2D eigenvalue weighted by atomic mass is 35.5. The molecule has 1 aromatic rings. The quantitative estimate of drug-likeness (QED) is 0.808. The van der Waals surface area contributed by atoms with Crippen molar-refractivity contribution in [2.24, 2.45) is 0 Å². The minimum Gasteiger partial charge on any atom is -0.396 e. The first-order valence-electron chi connectivity index (χ1n) is 6.72. The van der Waals surface area contributed by atoms with Crippen molar-refractivity contribution >= 4 is 17.5 Å². The van der Waals surface area contributed by atoms with E-state index >= 15 is 0 Å². The zero-order valence-electron chi connectivity index (χ0n) is 11.6. The largest absolute Gasteiger partial charge is 0.396 e. The van der Waals surface area contributed by atoms with Gasteiger partial charge in [0.25, 0.3) is 0 Å². The summed E-state index contributed by atoms with van der Waals surface area (Å²) in [5.74, 6) is 0.0250. The Hall–Kier alpha value is -1.06. The molecule has 1 rings (SSSR count). The lowest BCUT2D eigenvalue weighted by molar-refractivity contribution is -0.121. The number of halogens is 1. The van der Waals surface area contributed by atoms with Gasteiger partial charge in [0.15, 0.2) is 0 Å². The van der Waals surface area contributed by atoms with Gasteiger partial charge >= 0.3 is 0 Å². The summed E-state index contributed by atoms with van der Waals surface area (Å²) in [6.45, 7) is 4.06. The average Bonchev–Trinajstić information content (AvgIpc) is 2.39. The molecule has 0 aromatic heterocycles. The molecule has 1 atom stereocenters. The van der Waals surface area contributed by atoms with Gasteiger partial charge in [0.05, 0.1) is 0 Å². The van der Waals surface area contributed by atoms with Gasteiger partial charge in [-0.2, -0.15) is 0 Å². The smallest absolute Gasteiger partial charge is 0.220 e. The molecule has 0 saturated carbocycles. The molecule has 0 heterocycles. The molecule has 1 amide bonds. The van der Waals surface area contributed by atoms with Gasteiger partial charge in [-0.1, -0.05) is 30.7 Å². The van der Waals surface area contributed by atoms with Crippen molar-refractivity contribution in [2.45, 2.75) is 45.6 Å². The lowest BCUT2D eigenvalue weighted by Gasteiger charge is -2.15. The summed E-state index contributed by atoms with van der Waals surface area (Å²) in [6.07, 6.45) is 2.57. The molecular weight excluding hydrogens is 262 g/mol. The van der Waals surface area contributed by atoms with E-state index in [1.807, 2.05) is 32.0 Å². The van der Waals surface area contributed by atoms with Crippen LogP contribution < -0.4 is 5.32 Å². The van der Waals surface area contributed by atoms with E-state index in [-0.39, 0.29) is 18.6 Å². The molecule has 0 saturated heterocycles. The van der Waals surface area contributed by atoms with Crippen LogP contribution in [-0.4, -0.2) is 23.7 Å². The third-order valence-corrected chi connectivity index (χ3v) is 3.62. The van der Waals surface area contributed by atoms with Crippen LogP contribution >= 0.6 is 11.6 Å². The fourth-order valence-electron chi connectivity index (χ4n) is 1.88. The summed E-state index contributed by atoms with van der Waals surface area (Å²) >= 11 is 6.05.